The SMILES string of the molecule is CC(C)Oc1cncc(-c2cncc(CNC3CC3)c2)c1. The fourth-order valence-electron chi connectivity index (χ4n) is 2.21. The maximum absolute atomic E-state index is 5.70. The Morgan fingerprint density at radius 2 is 1.81 bits per heavy atom. The highest BCUT2D eigenvalue weighted by atomic mass is 16.5. The monoisotopic (exact) mass is 283 g/mol. The molecule has 1 fully saturated rings. The molecule has 2 aromatic rings. The van der Waals surface area contributed by atoms with E-state index in [1.165, 1.54) is 18.4 Å². The Morgan fingerprint density at radius 3 is 2.52 bits per heavy atom. The van der Waals surface area contributed by atoms with Gasteiger partial charge in [-0.2, -0.15) is 0 Å². The van der Waals surface area contributed by atoms with Gasteiger partial charge in [0, 0.05) is 42.3 Å². The highest BCUT2D eigenvalue weighted by Crippen LogP contribution is 2.24. The lowest BCUT2D eigenvalue weighted by atomic mass is 10.1. The van der Waals surface area contributed by atoms with Gasteiger partial charge in [-0.1, -0.05) is 0 Å². The first kappa shape index (κ1) is 14.0. The Kier molecular flexibility index (Phi) is 4.15. The molecule has 0 amide bonds. The topological polar surface area (TPSA) is 47.0 Å². The third-order valence-electron chi connectivity index (χ3n) is 3.39. The molecular formula is C17H21N3O. The van der Waals surface area contributed by atoms with Crippen LogP contribution in [-0.4, -0.2) is 22.1 Å². The first-order chi connectivity index (χ1) is 10.2. The predicted octanol–water partition coefficient (Wildman–Crippen LogP) is 3.18. The van der Waals surface area contributed by atoms with Crippen molar-refractivity contribution in [3.63, 3.8) is 0 Å². The average molecular weight is 283 g/mol. The minimum Gasteiger partial charge on any atom is -0.489 e. The first-order valence-corrected chi connectivity index (χ1v) is 7.50. The third-order valence-corrected chi connectivity index (χ3v) is 3.39. The molecule has 0 unspecified atom stereocenters. The van der Waals surface area contributed by atoms with E-state index in [2.05, 4.69) is 21.4 Å². The van der Waals surface area contributed by atoms with Crippen LogP contribution in [0.3, 0.4) is 0 Å². The van der Waals surface area contributed by atoms with E-state index in [-0.39, 0.29) is 6.10 Å². The number of ether oxygens (including phenoxy) is 1. The maximum Gasteiger partial charge on any atom is 0.138 e. The highest BCUT2D eigenvalue weighted by molar-refractivity contribution is 5.63. The molecule has 0 bridgehead atoms. The van der Waals surface area contributed by atoms with Crippen LogP contribution in [0.5, 0.6) is 5.75 Å². The molecule has 4 nitrogen and oxygen atoms in total. The van der Waals surface area contributed by atoms with E-state index in [1.54, 1.807) is 6.20 Å². The number of pyridine rings is 2. The molecule has 0 aromatic carbocycles. The van der Waals surface area contributed by atoms with Crippen molar-refractivity contribution in [2.24, 2.45) is 0 Å². The van der Waals surface area contributed by atoms with Crippen molar-refractivity contribution in [2.45, 2.75) is 45.4 Å². The van der Waals surface area contributed by atoms with Crippen LogP contribution in [0, 0.1) is 0 Å². The number of aromatic nitrogens is 2. The lowest BCUT2D eigenvalue weighted by Crippen LogP contribution is -2.15. The zero-order valence-corrected chi connectivity index (χ0v) is 12.5. The molecule has 1 N–H and O–H groups in total. The lowest BCUT2D eigenvalue weighted by molar-refractivity contribution is 0.241. The van der Waals surface area contributed by atoms with Gasteiger partial charge in [0.15, 0.2) is 0 Å². The number of nitrogens with zero attached hydrogens (tertiary/aromatic N) is 2. The van der Waals surface area contributed by atoms with Crippen molar-refractivity contribution in [3.8, 4) is 16.9 Å². The van der Waals surface area contributed by atoms with Gasteiger partial charge in [-0.3, -0.25) is 9.97 Å². The number of hydrogen-bond donors (Lipinski definition) is 1. The normalized spacial score (nSPS) is 14.4. The molecule has 0 aliphatic heterocycles. The van der Waals surface area contributed by atoms with Gasteiger partial charge in [0.25, 0.3) is 0 Å². The predicted molar refractivity (Wildman–Crippen MR) is 83.1 cm³/mol. The van der Waals surface area contributed by atoms with Crippen molar-refractivity contribution in [1.82, 2.24) is 15.3 Å². The fourth-order valence-corrected chi connectivity index (χ4v) is 2.21. The minimum absolute atomic E-state index is 0.147. The van der Waals surface area contributed by atoms with Crippen LogP contribution in [0.25, 0.3) is 11.1 Å². The largest absolute Gasteiger partial charge is 0.489 e. The van der Waals surface area contributed by atoms with Crippen LogP contribution in [-0.2, 0) is 6.54 Å². The molecule has 0 atom stereocenters. The van der Waals surface area contributed by atoms with Gasteiger partial charge in [0.1, 0.15) is 5.75 Å². The summed E-state index contributed by atoms with van der Waals surface area (Å²) in [5.74, 6) is 0.795. The average Bonchev–Trinajstić information content (AvgIpc) is 3.29. The molecule has 2 heterocycles. The summed E-state index contributed by atoms with van der Waals surface area (Å²) in [5.41, 5.74) is 3.32. The Bertz CT molecular complexity index is 608. The van der Waals surface area contributed by atoms with Gasteiger partial charge >= 0.3 is 0 Å². The quantitative estimate of drug-likeness (QED) is 0.884. The molecule has 1 aliphatic carbocycles. The summed E-state index contributed by atoms with van der Waals surface area (Å²) >= 11 is 0. The van der Waals surface area contributed by atoms with E-state index in [4.69, 9.17) is 4.74 Å². The van der Waals surface area contributed by atoms with E-state index in [1.807, 2.05) is 38.5 Å². The zero-order valence-electron chi connectivity index (χ0n) is 12.5. The Morgan fingerprint density at radius 1 is 1.10 bits per heavy atom. The van der Waals surface area contributed by atoms with Crippen molar-refractivity contribution in [3.05, 3.63) is 42.5 Å². The molecule has 1 aliphatic rings. The summed E-state index contributed by atoms with van der Waals surface area (Å²) in [4.78, 5) is 8.60. The van der Waals surface area contributed by atoms with Crippen LogP contribution in [0.15, 0.2) is 36.9 Å². The molecule has 0 spiro atoms. The van der Waals surface area contributed by atoms with Crippen molar-refractivity contribution in [1.29, 1.82) is 0 Å². The summed E-state index contributed by atoms with van der Waals surface area (Å²) in [6.45, 7) is 4.90. The van der Waals surface area contributed by atoms with Crippen LogP contribution < -0.4 is 10.1 Å². The standard InChI is InChI=1S/C17H21N3O/c1-12(2)21-17-6-15(10-19-11-17)14-5-13(7-18-9-14)8-20-16-3-4-16/h5-7,9-12,16,20H,3-4,8H2,1-2H3. The molecule has 4 heteroatoms. The van der Waals surface area contributed by atoms with Gasteiger partial charge < -0.3 is 10.1 Å². The van der Waals surface area contributed by atoms with Crippen LogP contribution >= 0.6 is 0 Å². The second-order valence-corrected chi connectivity index (χ2v) is 5.81. The zero-order chi connectivity index (χ0) is 14.7. The van der Waals surface area contributed by atoms with Crippen molar-refractivity contribution in [2.75, 3.05) is 0 Å². The van der Waals surface area contributed by atoms with E-state index in [9.17, 15) is 0 Å². The van der Waals surface area contributed by atoms with Crippen molar-refractivity contribution >= 4 is 0 Å². The Balaban J connectivity index is 1.77. The summed E-state index contributed by atoms with van der Waals surface area (Å²) in [7, 11) is 0. The molecule has 21 heavy (non-hydrogen) atoms. The van der Waals surface area contributed by atoms with Gasteiger partial charge in [0.2, 0.25) is 0 Å². The molecular weight excluding hydrogens is 262 g/mol. The van der Waals surface area contributed by atoms with Crippen LogP contribution in [0.4, 0.5) is 0 Å². The Hall–Kier alpha value is -1.94. The number of hydrogen-bond acceptors (Lipinski definition) is 4. The maximum atomic E-state index is 5.70. The van der Waals surface area contributed by atoms with E-state index in [0.717, 1.165) is 23.4 Å². The summed E-state index contributed by atoms with van der Waals surface area (Å²) in [6, 6.07) is 4.89. The van der Waals surface area contributed by atoms with E-state index < -0.39 is 0 Å². The molecule has 1 saturated carbocycles. The Labute approximate surface area is 125 Å². The van der Waals surface area contributed by atoms with Gasteiger partial charge in [-0.15, -0.1) is 0 Å². The smallest absolute Gasteiger partial charge is 0.138 e. The molecule has 0 radical (unpaired) electrons. The van der Waals surface area contributed by atoms with Crippen LogP contribution in [0.2, 0.25) is 0 Å². The molecule has 110 valence electrons. The van der Waals surface area contributed by atoms with Gasteiger partial charge in [0.05, 0.1) is 12.3 Å². The molecule has 0 saturated heterocycles. The molecule has 2 aromatic heterocycles. The van der Waals surface area contributed by atoms with E-state index in [0.29, 0.717) is 6.04 Å². The van der Waals surface area contributed by atoms with Crippen molar-refractivity contribution < 1.29 is 4.74 Å². The summed E-state index contributed by atoms with van der Waals surface area (Å²) < 4.78 is 5.70. The number of rotatable bonds is 6. The van der Waals surface area contributed by atoms with Gasteiger partial charge in [-0.05, 0) is 44.4 Å². The molecule has 3 rings (SSSR count). The van der Waals surface area contributed by atoms with Crippen LogP contribution in [0.1, 0.15) is 32.3 Å². The fraction of sp³-hybridized carbons (Fsp3) is 0.412. The second-order valence-electron chi connectivity index (χ2n) is 5.81. The highest BCUT2D eigenvalue weighted by Gasteiger charge is 2.19. The third kappa shape index (κ3) is 4.02. The minimum atomic E-state index is 0.147. The first-order valence-electron chi connectivity index (χ1n) is 7.50. The van der Waals surface area contributed by atoms with E-state index >= 15 is 0 Å². The van der Waals surface area contributed by atoms with Gasteiger partial charge in [-0.25, -0.2) is 0 Å². The lowest BCUT2D eigenvalue weighted by Gasteiger charge is -2.11. The second kappa shape index (κ2) is 6.22. The summed E-state index contributed by atoms with van der Waals surface area (Å²) in [6.07, 6.45) is 10.1. The summed E-state index contributed by atoms with van der Waals surface area (Å²) in [5, 5.41) is 3.51. The number of nitrogens with one attached hydrogen (secondary N) is 1.